The van der Waals surface area contributed by atoms with Crippen LogP contribution in [-0.4, -0.2) is 54.7 Å². The molecule has 1 amide bonds. The Balaban J connectivity index is 2.03. The fourth-order valence-corrected chi connectivity index (χ4v) is 2.68. The molecule has 0 saturated carbocycles. The first-order chi connectivity index (χ1) is 12.0. The smallest absolute Gasteiger partial charge is 0.413 e. The van der Waals surface area contributed by atoms with Gasteiger partial charge >= 0.3 is 12.1 Å². The highest BCUT2D eigenvalue weighted by Gasteiger charge is 2.46. The van der Waals surface area contributed by atoms with Crippen molar-refractivity contribution in [2.75, 3.05) is 20.3 Å². The van der Waals surface area contributed by atoms with Crippen molar-refractivity contribution in [2.24, 2.45) is 0 Å². The summed E-state index contributed by atoms with van der Waals surface area (Å²) in [5.74, 6) is 0.185. The van der Waals surface area contributed by atoms with Crippen LogP contribution in [0, 0.1) is 0 Å². The average Bonchev–Trinajstić information content (AvgIpc) is 2.85. The minimum Gasteiger partial charge on any atom is -0.491 e. The molecular formula is C19H27NO6. The number of amides is 1. The zero-order chi connectivity index (χ0) is 19.5. The summed E-state index contributed by atoms with van der Waals surface area (Å²) in [5.41, 5.74) is -0.920. The molecule has 2 rings (SSSR count). The Hall–Kier alpha value is -2.28. The van der Waals surface area contributed by atoms with Gasteiger partial charge in [0, 0.05) is 0 Å². The van der Waals surface area contributed by atoms with Gasteiger partial charge in [-0.15, -0.1) is 0 Å². The third kappa shape index (κ3) is 4.88. The predicted octanol–water partition coefficient (Wildman–Crippen LogP) is 3.22. The largest absolute Gasteiger partial charge is 0.491 e. The van der Waals surface area contributed by atoms with E-state index < -0.39 is 23.4 Å². The second-order valence-electron chi connectivity index (χ2n) is 7.59. The highest BCUT2D eigenvalue weighted by atomic mass is 16.6. The van der Waals surface area contributed by atoms with Crippen LogP contribution >= 0.6 is 0 Å². The Morgan fingerprint density at radius 2 is 1.85 bits per heavy atom. The Morgan fingerprint density at radius 1 is 1.23 bits per heavy atom. The van der Waals surface area contributed by atoms with Crippen molar-refractivity contribution in [3.8, 4) is 5.75 Å². The van der Waals surface area contributed by atoms with Gasteiger partial charge < -0.3 is 18.9 Å². The molecule has 7 nitrogen and oxygen atoms in total. The Bertz CT molecular complexity index is 647. The molecule has 0 aromatic heterocycles. The van der Waals surface area contributed by atoms with Gasteiger partial charge in [0.25, 0.3) is 0 Å². The lowest BCUT2D eigenvalue weighted by Crippen LogP contribution is -2.51. The summed E-state index contributed by atoms with van der Waals surface area (Å²) in [7, 11) is 1.33. The molecular weight excluding hydrogens is 338 g/mol. The number of nitrogens with zero attached hydrogens (tertiary/aromatic N) is 1. The number of benzene rings is 1. The SMILES string of the molecule is COC(=O)c1ccc(OC[C@@H]2COC(C)(C)N2C(=O)OC(C)(C)C)cc1. The zero-order valence-electron chi connectivity index (χ0n) is 16.2. The summed E-state index contributed by atoms with van der Waals surface area (Å²) < 4.78 is 21.7. The standard InChI is InChI=1S/C19H27NO6/c1-18(2,3)26-17(22)20-14(12-25-19(20,4)5)11-24-15-9-7-13(8-10-15)16(21)23-6/h7-10,14H,11-12H2,1-6H3/t14-/m1/s1. The number of methoxy groups -OCH3 is 1. The van der Waals surface area contributed by atoms with Crippen LogP contribution in [0.2, 0.25) is 0 Å². The number of rotatable bonds is 4. The number of esters is 1. The lowest BCUT2D eigenvalue weighted by atomic mass is 10.2. The van der Waals surface area contributed by atoms with Gasteiger partial charge in [-0.25, -0.2) is 9.59 Å². The molecule has 1 saturated heterocycles. The first-order valence-corrected chi connectivity index (χ1v) is 8.51. The van der Waals surface area contributed by atoms with Crippen LogP contribution in [0.15, 0.2) is 24.3 Å². The summed E-state index contributed by atoms with van der Waals surface area (Å²) in [5, 5.41) is 0. The minimum absolute atomic E-state index is 0.250. The molecule has 0 aliphatic carbocycles. The molecule has 1 aromatic rings. The van der Waals surface area contributed by atoms with Gasteiger partial charge in [-0.05, 0) is 58.9 Å². The molecule has 0 spiro atoms. The Kier molecular flexibility index (Phi) is 5.81. The lowest BCUT2D eigenvalue weighted by molar-refractivity contribution is -0.0637. The van der Waals surface area contributed by atoms with Crippen LogP contribution in [0.25, 0.3) is 0 Å². The van der Waals surface area contributed by atoms with Crippen LogP contribution in [0.5, 0.6) is 5.75 Å². The van der Waals surface area contributed by atoms with E-state index in [0.29, 0.717) is 17.9 Å². The third-order valence-corrected chi connectivity index (χ3v) is 3.88. The van der Waals surface area contributed by atoms with Crippen molar-refractivity contribution >= 4 is 12.1 Å². The maximum absolute atomic E-state index is 12.6. The van der Waals surface area contributed by atoms with Gasteiger partial charge in [0.2, 0.25) is 0 Å². The predicted molar refractivity (Wildman–Crippen MR) is 95.2 cm³/mol. The highest BCUT2D eigenvalue weighted by molar-refractivity contribution is 5.89. The van der Waals surface area contributed by atoms with Crippen LogP contribution < -0.4 is 4.74 Å². The van der Waals surface area contributed by atoms with E-state index in [-0.39, 0.29) is 12.6 Å². The topological polar surface area (TPSA) is 74.3 Å². The molecule has 1 atom stereocenters. The molecule has 1 aliphatic heterocycles. The van der Waals surface area contributed by atoms with Crippen molar-refractivity contribution in [1.82, 2.24) is 4.90 Å². The normalized spacial score (nSPS) is 19.2. The molecule has 1 fully saturated rings. The maximum Gasteiger partial charge on any atom is 0.413 e. The second kappa shape index (κ2) is 7.53. The van der Waals surface area contributed by atoms with Crippen LogP contribution in [0.4, 0.5) is 4.79 Å². The van der Waals surface area contributed by atoms with Crippen molar-refractivity contribution in [1.29, 1.82) is 0 Å². The summed E-state index contributed by atoms with van der Waals surface area (Å²) in [6, 6.07) is 6.35. The fraction of sp³-hybridized carbons (Fsp3) is 0.579. The molecule has 1 aliphatic rings. The summed E-state index contributed by atoms with van der Waals surface area (Å²) in [6.07, 6.45) is -0.436. The van der Waals surface area contributed by atoms with Gasteiger partial charge in [0.1, 0.15) is 23.7 Å². The lowest BCUT2D eigenvalue weighted by Gasteiger charge is -2.35. The maximum atomic E-state index is 12.6. The molecule has 7 heteroatoms. The molecule has 1 heterocycles. The van der Waals surface area contributed by atoms with E-state index in [9.17, 15) is 9.59 Å². The molecule has 0 bridgehead atoms. The van der Waals surface area contributed by atoms with Crippen molar-refractivity contribution < 1.29 is 28.5 Å². The van der Waals surface area contributed by atoms with Gasteiger partial charge in [-0.2, -0.15) is 0 Å². The van der Waals surface area contributed by atoms with Crippen molar-refractivity contribution in [3.05, 3.63) is 29.8 Å². The summed E-state index contributed by atoms with van der Waals surface area (Å²) >= 11 is 0. The van der Waals surface area contributed by atoms with Crippen molar-refractivity contribution in [2.45, 2.75) is 52.0 Å². The second-order valence-corrected chi connectivity index (χ2v) is 7.59. The molecule has 1 aromatic carbocycles. The van der Waals surface area contributed by atoms with E-state index in [1.54, 1.807) is 29.2 Å². The number of ether oxygens (including phenoxy) is 4. The summed E-state index contributed by atoms with van der Waals surface area (Å²) in [6.45, 7) is 9.71. The van der Waals surface area contributed by atoms with Crippen LogP contribution in [-0.2, 0) is 14.2 Å². The molecule has 144 valence electrons. The van der Waals surface area contributed by atoms with E-state index >= 15 is 0 Å². The molecule has 0 radical (unpaired) electrons. The van der Waals surface area contributed by atoms with Gasteiger partial charge in [0.15, 0.2) is 0 Å². The highest BCUT2D eigenvalue weighted by Crippen LogP contribution is 2.30. The van der Waals surface area contributed by atoms with Gasteiger partial charge in [0.05, 0.1) is 25.3 Å². The monoisotopic (exact) mass is 365 g/mol. The van der Waals surface area contributed by atoms with E-state index in [2.05, 4.69) is 4.74 Å². The van der Waals surface area contributed by atoms with Gasteiger partial charge in [-0.3, -0.25) is 4.90 Å². The van der Waals surface area contributed by atoms with Gasteiger partial charge in [-0.1, -0.05) is 0 Å². The molecule has 0 N–H and O–H groups in total. The summed E-state index contributed by atoms with van der Waals surface area (Å²) in [4.78, 5) is 25.6. The average molecular weight is 365 g/mol. The number of hydrogen-bond donors (Lipinski definition) is 0. The number of hydrogen-bond acceptors (Lipinski definition) is 6. The Morgan fingerprint density at radius 3 is 2.38 bits per heavy atom. The van der Waals surface area contributed by atoms with E-state index in [0.717, 1.165) is 0 Å². The van der Waals surface area contributed by atoms with E-state index in [1.807, 2.05) is 34.6 Å². The quantitative estimate of drug-likeness (QED) is 0.763. The zero-order valence-corrected chi connectivity index (χ0v) is 16.2. The third-order valence-electron chi connectivity index (χ3n) is 3.88. The van der Waals surface area contributed by atoms with Crippen LogP contribution in [0.3, 0.4) is 0 Å². The van der Waals surface area contributed by atoms with Crippen LogP contribution in [0.1, 0.15) is 45.0 Å². The first kappa shape index (κ1) is 20.0. The Labute approximate surface area is 154 Å². The first-order valence-electron chi connectivity index (χ1n) is 8.51. The minimum atomic E-state index is -0.773. The van der Waals surface area contributed by atoms with Crippen molar-refractivity contribution in [3.63, 3.8) is 0 Å². The number of carbonyl (C=O) groups excluding carboxylic acids is 2. The van der Waals surface area contributed by atoms with E-state index in [4.69, 9.17) is 14.2 Å². The van der Waals surface area contributed by atoms with E-state index in [1.165, 1.54) is 7.11 Å². The molecule has 26 heavy (non-hydrogen) atoms. The number of carbonyl (C=O) groups is 2. The fourth-order valence-electron chi connectivity index (χ4n) is 2.68. The molecule has 0 unspecified atom stereocenters.